The van der Waals surface area contributed by atoms with Crippen molar-refractivity contribution in [1.82, 2.24) is 0 Å². The third-order valence-electron chi connectivity index (χ3n) is 3.65. The van der Waals surface area contributed by atoms with Crippen LogP contribution >= 0.6 is 0 Å². The van der Waals surface area contributed by atoms with Crippen LogP contribution in [0.3, 0.4) is 0 Å². The lowest BCUT2D eigenvalue weighted by Gasteiger charge is -2.12. The Labute approximate surface area is 147 Å². The predicted octanol–water partition coefficient (Wildman–Crippen LogP) is 3.75. The summed E-state index contributed by atoms with van der Waals surface area (Å²) >= 11 is 0. The summed E-state index contributed by atoms with van der Waals surface area (Å²) < 4.78 is 32.5. The molecule has 0 radical (unpaired) electrons. The van der Waals surface area contributed by atoms with Crippen LogP contribution < -0.4 is 14.8 Å². The molecule has 0 saturated carbocycles. The number of carbonyl (C=O) groups is 1. The van der Waals surface area contributed by atoms with Crippen LogP contribution in [0.4, 0.5) is 11.4 Å². The predicted molar refractivity (Wildman–Crippen MR) is 97.9 cm³/mol. The highest BCUT2D eigenvalue weighted by atomic mass is 32.2. The molecule has 0 fully saturated rings. The molecular weight excluding hydrogens is 340 g/mol. The number of sulfonamides is 1. The average molecular weight is 360 g/mol. The van der Waals surface area contributed by atoms with Gasteiger partial charge in [-0.3, -0.25) is 9.52 Å². The van der Waals surface area contributed by atoms with Crippen LogP contribution in [-0.2, 0) is 10.0 Å². The molecule has 0 aromatic heterocycles. The number of amides is 1. The first-order valence-corrected chi connectivity index (χ1v) is 9.63. The molecule has 0 saturated heterocycles. The number of fused-ring (bicyclic) bond motifs is 2. The lowest BCUT2D eigenvalue weighted by atomic mass is 10.1. The van der Waals surface area contributed by atoms with E-state index in [0.717, 1.165) is 5.56 Å². The highest BCUT2D eigenvalue weighted by Gasteiger charge is 2.22. The van der Waals surface area contributed by atoms with Gasteiger partial charge in [0.2, 0.25) is 10.0 Å². The van der Waals surface area contributed by atoms with Gasteiger partial charge < -0.3 is 10.1 Å². The molecule has 0 unspecified atom stereocenters. The second kappa shape index (κ2) is 6.40. The number of nitrogens with one attached hydrogen (secondary N) is 2. The second-order valence-electron chi connectivity index (χ2n) is 6.54. The molecule has 7 heteroatoms. The average Bonchev–Trinajstić information content (AvgIpc) is 2.61. The lowest BCUT2D eigenvalue weighted by molar-refractivity contribution is 0.102. The zero-order chi connectivity index (χ0) is 18.2. The van der Waals surface area contributed by atoms with Gasteiger partial charge in [-0.15, -0.1) is 0 Å². The number of benzene rings is 2. The molecule has 25 heavy (non-hydrogen) atoms. The summed E-state index contributed by atoms with van der Waals surface area (Å²) in [5, 5.41) is 2.80. The van der Waals surface area contributed by atoms with Gasteiger partial charge in [0.1, 0.15) is 5.75 Å². The monoisotopic (exact) mass is 360 g/mol. The van der Waals surface area contributed by atoms with E-state index < -0.39 is 10.0 Å². The Balaban J connectivity index is 1.93. The van der Waals surface area contributed by atoms with Crippen molar-refractivity contribution >= 4 is 27.3 Å². The van der Waals surface area contributed by atoms with Crippen molar-refractivity contribution < 1.29 is 17.9 Å². The fourth-order valence-corrected chi connectivity index (χ4v) is 4.11. The first-order valence-electron chi connectivity index (χ1n) is 7.98. The maximum atomic E-state index is 12.5. The minimum Gasteiger partial charge on any atom is -0.454 e. The number of carbonyl (C=O) groups excluding carboxylic acids is 1. The van der Waals surface area contributed by atoms with Crippen LogP contribution in [-0.4, -0.2) is 20.1 Å². The number of hydrogen-bond donors (Lipinski definition) is 2. The largest absolute Gasteiger partial charge is 0.454 e. The van der Waals surface area contributed by atoms with Crippen molar-refractivity contribution in [2.75, 3.05) is 15.8 Å². The summed E-state index contributed by atoms with van der Waals surface area (Å²) in [6.07, 6.45) is 0. The number of hydrogen-bond acceptors (Lipinski definition) is 4. The SMILES string of the molecule is Cc1ccc2c(c1)NC(=O)c1cc(NS(=O)(=O)CC(C)C)ccc1O2. The third-order valence-corrected chi connectivity index (χ3v) is 5.31. The van der Waals surface area contributed by atoms with Crippen molar-refractivity contribution in [2.24, 2.45) is 5.92 Å². The van der Waals surface area contributed by atoms with E-state index in [2.05, 4.69) is 10.0 Å². The number of ether oxygens (including phenoxy) is 1. The molecular formula is C18H20N2O4S. The smallest absolute Gasteiger partial charge is 0.259 e. The molecule has 3 rings (SSSR count). The highest BCUT2D eigenvalue weighted by molar-refractivity contribution is 7.92. The molecule has 1 heterocycles. The first-order chi connectivity index (χ1) is 11.7. The Hall–Kier alpha value is -2.54. The van der Waals surface area contributed by atoms with E-state index >= 15 is 0 Å². The van der Waals surface area contributed by atoms with E-state index in [1.807, 2.05) is 32.9 Å². The molecule has 0 aliphatic carbocycles. The molecule has 2 N–H and O–H groups in total. The summed E-state index contributed by atoms with van der Waals surface area (Å²) in [6.45, 7) is 5.58. The van der Waals surface area contributed by atoms with Gasteiger partial charge in [0.15, 0.2) is 5.75 Å². The van der Waals surface area contributed by atoms with Gasteiger partial charge in [-0.1, -0.05) is 19.9 Å². The van der Waals surface area contributed by atoms with Crippen LogP contribution in [0.5, 0.6) is 11.5 Å². The summed E-state index contributed by atoms with van der Waals surface area (Å²) in [7, 11) is -3.47. The van der Waals surface area contributed by atoms with E-state index in [-0.39, 0.29) is 23.1 Å². The van der Waals surface area contributed by atoms with Crippen molar-refractivity contribution in [1.29, 1.82) is 0 Å². The normalized spacial score (nSPS) is 13.4. The summed E-state index contributed by atoms with van der Waals surface area (Å²) in [6, 6.07) is 10.2. The van der Waals surface area contributed by atoms with E-state index in [0.29, 0.717) is 22.9 Å². The van der Waals surface area contributed by atoms with Gasteiger partial charge in [0.05, 0.1) is 17.0 Å². The molecule has 132 valence electrons. The second-order valence-corrected chi connectivity index (χ2v) is 8.31. The van der Waals surface area contributed by atoms with Gasteiger partial charge in [-0.05, 0) is 48.7 Å². The Morgan fingerprint density at radius 3 is 2.56 bits per heavy atom. The Morgan fingerprint density at radius 2 is 1.84 bits per heavy atom. The van der Waals surface area contributed by atoms with Crippen LogP contribution in [0.15, 0.2) is 36.4 Å². The third kappa shape index (κ3) is 3.93. The van der Waals surface area contributed by atoms with Gasteiger partial charge in [-0.2, -0.15) is 0 Å². The van der Waals surface area contributed by atoms with Gasteiger partial charge in [-0.25, -0.2) is 8.42 Å². The Kier molecular flexibility index (Phi) is 4.43. The van der Waals surface area contributed by atoms with Crippen LogP contribution in [0, 0.1) is 12.8 Å². The Morgan fingerprint density at radius 1 is 1.12 bits per heavy atom. The molecule has 0 atom stereocenters. The summed E-state index contributed by atoms with van der Waals surface area (Å²) in [5.74, 6) is 0.599. The summed E-state index contributed by atoms with van der Waals surface area (Å²) in [4.78, 5) is 12.5. The van der Waals surface area contributed by atoms with E-state index in [9.17, 15) is 13.2 Å². The standard InChI is InChI=1S/C18H20N2O4S/c1-11(2)10-25(22,23)20-13-5-7-16-14(9-13)18(21)19-15-8-12(3)4-6-17(15)24-16/h4-9,11,20H,10H2,1-3H3,(H,19,21). The quantitative estimate of drug-likeness (QED) is 0.870. The van der Waals surface area contributed by atoms with Crippen molar-refractivity contribution in [3.05, 3.63) is 47.5 Å². The van der Waals surface area contributed by atoms with Crippen molar-refractivity contribution in [3.8, 4) is 11.5 Å². The zero-order valence-corrected chi connectivity index (χ0v) is 15.1. The minimum atomic E-state index is -3.47. The van der Waals surface area contributed by atoms with Gasteiger partial charge in [0.25, 0.3) is 5.91 Å². The maximum Gasteiger partial charge on any atom is 0.259 e. The first kappa shape index (κ1) is 17.3. The minimum absolute atomic E-state index is 0.00250. The van der Waals surface area contributed by atoms with Crippen LogP contribution in [0.2, 0.25) is 0 Å². The molecule has 2 aromatic carbocycles. The molecule has 1 aliphatic heterocycles. The molecule has 1 amide bonds. The molecule has 1 aliphatic rings. The number of aryl methyl sites for hydroxylation is 1. The van der Waals surface area contributed by atoms with E-state index in [1.165, 1.54) is 6.07 Å². The molecule has 0 spiro atoms. The zero-order valence-electron chi connectivity index (χ0n) is 14.3. The van der Waals surface area contributed by atoms with E-state index in [4.69, 9.17) is 4.74 Å². The van der Waals surface area contributed by atoms with Crippen LogP contribution in [0.1, 0.15) is 29.8 Å². The molecule has 2 aromatic rings. The number of anilines is 2. The van der Waals surface area contributed by atoms with Gasteiger partial charge in [0, 0.05) is 5.69 Å². The molecule has 6 nitrogen and oxygen atoms in total. The fraction of sp³-hybridized carbons (Fsp3) is 0.278. The Bertz CT molecular complexity index is 936. The lowest BCUT2D eigenvalue weighted by Crippen LogP contribution is -2.20. The maximum absolute atomic E-state index is 12.5. The summed E-state index contributed by atoms with van der Waals surface area (Å²) in [5.41, 5.74) is 2.19. The fourth-order valence-electron chi connectivity index (χ4n) is 2.66. The number of rotatable bonds is 4. The van der Waals surface area contributed by atoms with Crippen molar-refractivity contribution in [2.45, 2.75) is 20.8 Å². The van der Waals surface area contributed by atoms with Crippen LogP contribution in [0.25, 0.3) is 0 Å². The van der Waals surface area contributed by atoms with Crippen molar-refractivity contribution in [3.63, 3.8) is 0 Å². The highest BCUT2D eigenvalue weighted by Crippen LogP contribution is 2.37. The van der Waals surface area contributed by atoms with Gasteiger partial charge >= 0.3 is 0 Å². The topological polar surface area (TPSA) is 84.5 Å². The molecule has 0 bridgehead atoms. The van der Waals surface area contributed by atoms with E-state index in [1.54, 1.807) is 18.2 Å².